The molecule has 0 aliphatic rings. The van der Waals surface area contributed by atoms with E-state index in [1.807, 2.05) is 18.2 Å². The van der Waals surface area contributed by atoms with Crippen LogP contribution in [0.25, 0.3) is 0 Å². The van der Waals surface area contributed by atoms with E-state index < -0.39 is 0 Å². The van der Waals surface area contributed by atoms with Gasteiger partial charge in [0.25, 0.3) is 0 Å². The van der Waals surface area contributed by atoms with Crippen LogP contribution >= 0.6 is 0 Å². The zero-order chi connectivity index (χ0) is 11.1. The first-order chi connectivity index (χ1) is 7.33. The third-order valence-corrected chi connectivity index (χ3v) is 2.46. The van der Waals surface area contributed by atoms with E-state index in [9.17, 15) is 0 Å². The van der Waals surface area contributed by atoms with E-state index >= 15 is 0 Å². The smallest absolute Gasteiger partial charge is 0.123 e. The lowest BCUT2D eigenvalue weighted by molar-refractivity contribution is 0.397. The van der Waals surface area contributed by atoms with Gasteiger partial charge in [0.15, 0.2) is 0 Å². The average molecular weight is 208 g/mol. The maximum atomic E-state index is 5.49. The van der Waals surface area contributed by atoms with Crippen LogP contribution in [0.5, 0.6) is 5.75 Å². The molecule has 0 aliphatic heterocycles. The molecule has 0 amide bonds. The molecule has 1 aromatic carbocycles. The van der Waals surface area contributed by atoms with Crippen molar-refractivity contribution in [2.75, 3.05) is 20.2 Å². The minimum Gasteiger partial charge on any atom is -0.496 e. The molecule has 0 fully saturated rings. The molecule has 0 saturated heterocycles. The Kier molecular flexibility index (Phi) is 5.15. The van der Waals surface area contributed by atoms with Crippen LogP contribution in [0, 0.1) is 0 Å². The van der Waals surface area contributed by atoms with Crippen LogP contribution in [0.1, 0.15) is 24.9 Å². The maximum Gasteiger partial charge on any atom is 0.123 e. The fourth-order valence-electron chi connectivity index (χ4n) is 1.69. The molecule has 1 rings (SSSR count). The summed E-state index contributed by atoms with van der Waals surface area (Å²) in [5.41, 5.74) is 6.69. The molecule has 3 heteroatoms. The van der Waals surface area contributed by atoms with E-state index in [4.69, 9.17) is 10.5 Å². The number of benzene rings is 1. The summed E-state index contributed by atoms with van der Waals surface area (Å²) in [6.45, 7) is 3.64. The predicted octanol–water partition coefficient (Wildman–Crippen LogP) is 1.69. The SMILES string of the molecule is CCC(NCCN)c1ccccc1OC. The van der Waals surface area contributed by atoms with Gasteiger partial charge in [0.1, 0.15) is 5.75 Å². The zero-order valence-electron chi connectivity index (χ0n) is 9.49. The summed E-state index contributed by atoms with van der Waals surface area (Å²) < 4.78 is 5.34. The lowest BCUT2D eigenvalue weighted by Crippen LogP contribution is -2.27. The lowest BCUT2D eigenvalue weighted by Gasteiger charge is -2.19. The number of hydrogen-bond donors (Lipinski definition) is 2. The van der Waals surface area contributed by atoms with Crippen molar-refractivity contribution in [3.8, 4) is 5.75 Å². The molecule has 1 unspecified atom stereocenters. The van der Waals surface area contributed by atoms with Crippen molar-refractivity contribution >= 4 is 0 Å². The maximum absolute atomic E-state index is 5.49. The quantitative estimate of drug-likeness (QED) is 0.748. The van der Waals surface area contributed by atoms with Crippen LogP contribution in [0.4, 0.5) is 0 Å². The Morgan fingerprint density at radius 3 is 2.73 bits per heavy atom. The van der Waals surface area contributed by atoms with Crippen LogP contribution in [-0.2, 0) is 0 Å². The van der Waals surface area contributed by atoms with Crippen LogP contribution in [0.15, 0.2) is 24.3 Å². The second-order valence-electron chi connectivity index (χ2n) is 3.45. The van der Waals surface area contributed by atoms with Gasteiger partial charge in [0, 0.05) is 24.7 Å². The molecule has 84 valence electrons. The number of nitrogens with two attached hydrogens (primary N) is 1. The van der Waals surface area contributed by atoms with Gasteiger partial charge in [-0.15, -0.1) is 0 Å². The molecule has 3 N–H and O–H groups in total. The highest BCUT2D eigenvalue weighted by atomic mass is 16.5. The van der Waals surface area contributed by atoms with Gasteiger partial charge in [-0.1, -0.05) is 25.1 Å². The van der Waals surface area contributed by atoms with Gasteiger partial charge in [-0.3, -0.25) is 0 Å². The molecule has 1 aromatic rings. The highest BCUT2D eigenvalue weighted by Gasteiger charge is 2.12. The number of ether oxygens (including phenoxy) is 1. The highest BCUT2D eigenvalue weighted by molar-refractivity contribution is 5.35. The molecule has 0 aromatic heterocycles. The summed E-state index contributed by atoms with van der Waals surface area (Å²) in [4.78, 5) is 0. The molecule has 3 nitrogen and oxygen atoms in total. The molecule has 15 heavy (non-hydrogen) atoms. The molecule has 0 aliphatic carbocycles. The number of methoxy groups -OCH3 is 1. The minimum absolute atomic E-state index is 0.324. The van der Waals surface area contributed by atoms with E-state index in [2.05, 4.69) is 18.3 Å². The number of nitrogens with one attached hydrogen (secondary N) is 1. The third kappa shape index (κ3) is 3.22. The molecule has 0 bridgehead atoms. The molecular formula is C12H20N2O. The Bertz CT molecular complexity index is 289. The van der Waals surface area contributed by atoms with Crippen molar-refractivity contribution in [3.05, 3.63) is 29.8 Å². The normalized spacial score (nSPS) is 12.5. The van der Waals surface area contributed by atoms with Crippen LogP contribution in [-0.4, -0.2) is 20.2 Å². The van der Waals surface area contributed by atoms with Gasteiger partial charge in [-0.25, -0.2) is 0 Å². The van der Waals surface area contributed by atoms with Gasteiger partial charge in [0.2, 0.25) is 0 Å². The standard InChI is InChI=1S/C12H20N2O/c1-3-11(14-9-8-13)10-6-4-5-7-12(10)15-2/h4-7,11,14H,3,8-9,13H2,1-2H3. The van der Waals surface area contributed by atoms with Crippen molar-refractivity contribution in [1.29, 1.82) is 0 Å². The van der Waals surface area contributed by atoms with Gasteiger partial charge >= 0.3 is 0 Å². The highest BCUT2D eigenvalue weighted by Crippen LogP contribution is 2.26. The Balaban J connectivity index is 2.80. The number of rotatable bonds is 6. The van der Waals surface area contributed by atoms with Gasteiger partial charge < -0.3 is 15.8 Å². The van der Waals surface area contributed by atoms with Crippen LogP contribution in [0.2, 0.25) is 0 Å². The molecule has 0 radical (unpaired) electrons. The first kappa shape index (κ1) is 12.0. The number of hydrogen-bond acceptors (Lipinski definition) is 3. The van der Waals surface area contributed by atoms with E-state index in [1.165, 1.54) is 5.56 Å². The molecule has 0 saturated carbocycles. The van der Waals surface area contributed by atoms with E-state index in [1.54, 1.807) is 7.11 Å². The molecule has 0 heterocycles. The second-order valence-corrected chi connectivity index (χ2v) is 3.45. The Labute approximate surface area is 91.6 Å². The summed E-state index contributed by atoms with van der Waals surface area (Å²) in [5.74, 6) is 0.939. The van der Waals surface area contributed by atoms with Crippen molar-refractivity contribution in [2.45, 2.75) is 19.4 Å². The second kappa shape index (κ2) is 6.43. The predicted molar refractivity (Wildman–Crippen MR) is 63.1 cm³/mol. The fourth-order valence-corrected chi connectivity index (χ4v) is 1.69. The van der Waals surface area contributed by atoms with Gasteiger partial charge in [-0.05, 0) is 12.5 Å². The van der Waals surface area contributed by atoms with E-state index in [0.29, 0.717) is 12.6 Å². The van der Waals surface area contributed by atoms with Gasteiger partial charge in [-0.2, -0.15) is 0 Å². The van der Waals surface area contributed by atoms with Gasteiger partial charge in [0.05, 0.1) is 7.11 Å². The third-order valence-electron chi connectivity index (χ3n) is 2.46. The first-order valence-electron chi connectivity index (χ1n) is 5.39. The largest absolute Gasteiger partial charge is 0.496 e. The topological polar surface area (TPSA) is 47.3 Å². The molecular weight excluding hydrogens is 188 g/mol. The van der Waals surface area contributed by atoms with Crippen molar-refractivity contribution in [1.82, 2.24) is 5.32 Å². The van der Waals surface area contributed by atoms with Crippen LogP contribution in [0.3, 0.4) is 0 Å². The summed E-state index contributed by atoms with van der Waals surface area (Å²) in [5, 5.41) is 3.41. The zero-order valence-corrected chi connectivity index (χ0v) is 9.49. The monoisotopic (exact) mass is 208 g/mol. The molecule has 0 spiro atoms. The van der Waals surface area contributed by atoms with Crippen molar-refractivity contribution in [3.63, 3.8) is 0 Å². The average Bonchev–Trinajstić information content (AvgIpc) is 2.30. The Morgan fingerprint density at radius 1 is 1.40 bits per heavy atom. The lowest BCUT2D eigenvalue weighted by atomic mass is 10.0. The first-order valence-corrected chi connectivity index (χ1v) is 5.39. The Hall–Kier alpha value is -1.06. The summed E-state index contributed by atoms with van der Waals surface area (Å²) in [6.07, 6.45) is 1.03. The van der Waals surface area contributed by atoms with Crippen LogP contribution < -0.4 is 15.8 Å². The summed E-state index contributed by atoms with van der Waals surface area (Å²) in [7, 11) is 1.70. The summed E-state index contributed by atoms with van der Waals surface area (Å²) >= 11 is 0. The number of para-hydroxylation sites is 1. The van der Waals surface area contributed by atoms with Crippen molar-refractivity contribution in [2.24, 2.45) is 5.73 Å². The fraction of sp³-hybridized carbons (Fsp3) is 0.500. The van der Waals surface area contributed by atoms with E-state index in [0.717, 1.165) is 18.7 Å². The minimum atomic E-state index is 0.324. The Morgan fingerprint density at radius 2 is 2.13 bits per heavy atom. The summed E-state index contributed by atoms with van der Waals surface area (Å²) in [6, 6.07) is 8.42. The van der Waals surface area contributed by atoms with E-state index in [-0.39, 0.29) is 0 Å². The van der Waals surface area contributed by atoms with Crippen molar-refractivity contribution < 1.29 is 4.74 Å². The molecule has 1 atom stereocenters.